The van der Waals surface area contributed by atoms with Crippen LogP contribution >= 0.6 is 0 Å². The first kappa shape index (κ1) is 15.2. The number of carbonyl (C=O) groups excluding carboxylic acids is 1. The average Bonchev–Trinajstić information content (AvgIpc) is 2.11. The summed E-state index contributed by atoms with van der Waals surface area (Å²) in [5, 5.41) is 11.6. The lowest BCUT2D eigenvalue weighted by atomic mass is 10.2. The van der Waals surface area contributed by atoms with Gasteiger partial charge in [0.05, 0.1) is 0 Å². The van der Waals surface area contributed by atoms with Crippen LogP contribution in [0.3, 0.4) is 0 Å². The quantitative estimate of drug-likeness (QED) is 0.816. The zero-order chi connectivity index (χ0) is 14.8. The molecule has 0 saturated carbocycles. The Labute approximate surface area is 110 Å². The smallest absolute Gasteiger partial charge is 0.412 e. The van der Waals surface area contributed by atoms with Crippen LogP contribution in [-0.4, -0.2) is 25.2 Å². The maximum Gasteiger partial charge on any atom is 0.412 e. The fraction of sp³-hybridized carbons (Fsp3) is 0.364. The lowest BCUT2D eigenvalue weighted by molar-refractivity contribution is 0.0636. The molecule has 1 aromatic carbocycles. The van der Waals surface area contributed by atoms with Crippen molar-refractivity contribution in [2.75, 3.05) is 5.32 Å². The summed E-state index contributed by atoms with van der Waals surface area (Å²) in [6.07, 6.45) is -0.775. The van der Waals surface area contributed by atoms with Crippen molar-refractivity contribution in [2.45, 2.75) is 31.3 Å². The molecule has 1 rings (SSSR count). The minimum Gasteiger partial charge on any atom is -0.506 e. The van der Waals surface area contributed by atoms with Gasteiger partial charge in [0.25, 0.3) is 0 Å². The number of carbonyl (C=O) groups is 1. The zero-order valence-electron chi connectivity index (χ0n) is 10.6. The molecular formula is C11H14FNO5S. The molecule has 0 spiro atoms. The van der Waals surface area contributed by atoms with Gasteiger partial charge in [0.1, 0.15) is 16.2 Å². The average molecular weight is 291 g/mol. The number of phenolic OH excluding ortho intramolecular Hbond substituents is 1. The maximum absolute atomic E-state index is 12.7. The lowest BCUT2D eigenvalue weighted by Crippen LogP contribution is -2.27. The molecule has 0 radical (unpaired) electrons. The number of amides is 1. The lowest BCUT2D eigenvalue weighted by Gasteiger charge is -2.19. The molecule has 1 amide bonds. The van der Waals surface area contributed by atoms with Gasteiger partial charge in [-0.25, -0.2) is 4.79 Å². The summed E-state index contributed by atoms with van der Waals surface area (Å²) in [6, 6.07) is 2.89. The van der Waals surface area contributed by atoms with E-state index >= 15 is 0 Å². The van der Waals surface area contributed by atoms with Crippen LogP contribution in [0.2, 0.25) is 0 Å². The van der Waals surface area contributed by atoms with E-state index < -0.39 is 32.6 Å². The molecule has 0 bridgehead atoms. The molecule has 0 atom stereocenters. The van der Waals surface area contributed by atoms with Crippen LogP contribution in [0.15, 0.2) is 23.1 Å². The molecule has 8 heteroatoms. The van der Waals surface area contributed by atoms with Crippen molar-refractivity contribution in [3.8, 4) is 5.75 Å². The molecule has 19 heavy (non-hydrogen) atoms. The van der Waals surface area contributed by atoms with Crippen molar-refractivity contribution < 1.29 is 26.9 Å². The summed E-state index contributed by atoms with van der Waals surface area (Å²) >= 11 is 0. The van der Waals surface area contributed by atoms with E-state index in [1.165, 1.54) is 0 Å². The second kappa shape index (κ2) is 5.04. The van der Waals surface area contributed by atoms with Crippen LogP contribution in [0, 0.1) is 0 Å². The third-order valence-corrected chi connectivity index (χ3v) is 2.74. The van der Waals surface area contributed by atoms with E-state index in [2.05, 4.69) is 5.32 Å². The van der Waals surface area contributed by atoms with Crippen LogP contribution in [0.25, 0.3) is 0 Å². The number of nitrogens with one attached hydrogen (secondary N) is 1. The number of rotatable bonds is 2. The van der Waals surface area contributed by atoms with Gasteiger partial charge in [-0.2, -0.15) is 8.42 Å². The topological polar surface area (TPSA) is 92.7 Å². The molecule has 106 valence electrons. The fourth-order valence-electron chi connectivity index (χ4n) is 1.22. The number of hydrogen-bond donors (Lipinski definition) is 2. The first-order valence-electron chi connectivity index (χ1n) is 5.27. The molecule has 0 saturated heterocycles. The minimum absolute atomic E-state index is 0.0825. The van der Waals surface area contributed by atoms with E-state index in [0.717, 1.165) is 18.2 Å². The normalized spacial score (nSPS) is 12.0. The number of anilines is 1. The molecule has 0 aliphatic heterocycles. The Balaban J connectivity index is 2.89. The van der Waals surface area contributed by atoms with E-state index in [0.29, 0.717) is 0 Å². The second-order valence-electron chi connectivity index (χ2n) is 4.75. The van der Waals surface area contributed by atoms with E-state index in [-0.39, 0.29) is 5.69 Å². The Morgan fingerprint density at radius 2 is 1.95 bits per heavy atom. The van der Waals surface area contributed by atoms with Crippen molar-refractivity contribution in [2.24, 2.45) is 0 Å². The van der Waals surface area contributed by atoms with Gasteiger partial charge >= 0.3 is 16.3 Å². The fourth-order valence-corrected chi connectivity index (χ4v) is 1.76. The van der Waals surface area contributed by atoms with Crippen molar-refractivity contribution >= 4 is 22.0 Å². The van der Waals surface area contributed by atoms with Crippen LogP contribution in [0.1, 0.15) is 20.8 Å². The van der Waals surface area contributed by atoms with Gasteiger partial charge in [-0.1, -0.05) is 0 Å². The maximum atomic E-state index is 12.7. The Hall–Kier alpha value is -1.83. The molecule has 0 aliphatic rings. The summed E-state index contributed by atoms with van der Waals surface area (Å²) in [5.74, 6) is -0.795. The number of phenols is 1. The Morgan fingerprint density at radius 3 is 2.37 bits per heavy atom. The summed E-state index contributed by atoms with van der Waals surface area (Å²) < 4.78 is 38.9. The van der Waals surface area contributed by atoms with Gasteiger partial charge in [-0.3, -0.25) is 5.32 Å². The molecule has 6 nitrogen and oxygen atoms in total. The van der Waals surface area contributed by atoms with E-state index in [1.54, 1.807) is 20.8 Å². The number of benzene rings is 1. The van der Waals surface area contributed by atoms with E-state index in [4.69, 9.17) is 4.74 Å². The number of hydrogen-bond acceptors (Lipinski definition) is 5. The molecule has 0 fully saturated rings. The zero-order valence-corrected chi connectivity index (χ0v) is 11.4. The highest BCUT2D eigenvalue weighted by molar-refractivity contribution is 7.86. The molecule has 1 aromatic rings. The summed E-state index contributed by atoms with van der Waals surface area (Å²) in [6.45, 7) is 5.01. The van der Waals surface area contributed by atoms with Crippen molar-refractivity contribution in [3.05, 3.63) is 18.2 Å². The minimum atomic E-state index is -5.00. The van der Waals surface area contributed by atoms with Crippen LogP contribution in [0.4, 0.5) is 14.4 Å². The third kappa shape index (κ3) is 4.74. The molecule has 0 heterocycles. The Bertz CT molecular complexity index is 592. The summed E-state index contributed by atoms with van der Waals surface area (Å²) in [5.41, 5.74) is -0.618. The van der Waals surface area contributed by atoms with Gasteiger partial charge in [0, 0.05) is 11.8 Å². The standard InChI is InChI=1S/C11H14FNO5S/c1-11(2,3)18-10(15)13-7-4-5-9(8(14)6-7)19(12,16)17/h4-6,14H,1-3H3,(H,13,15). The van der Waals surface area contributed by atoms with Gasteiger partial charge in [-0.15, -0.1) is 3.89 Å². The van der Waals surface area contributed by atoms with Crippen molar-refractivity contribution in [3.63, 3.8) is 0 Å². The SMILES string of the molecule is CC(C)(C)OC(=O)Nc1ccc(S(=O)(=O)F)c(O)c1. The Morgan fingerprint density at radius 1 is 1.37 bits per heavy atom. The largest absolute Gasteiger partial charge is 0.506 e. The van der Waals surface area contributed by atoms with Gasteiger partial charge in [-0.05, 0) is 32.9 Å². The monoisotopic (exact) mass is 291 g/mol. The molecule has 2 N–H and O–H groups in total. The first-order valence-corrected chi connectivity index (χ1v) is 6.65. The van der Waals surface area contributed by atoms with Crippen LogP contribution in [-0.2, 0) is 15.0 Å². The molecule has 0 unspecified atom stereocenters. The second-order valence-corrected chi connectivity index (χ2v) is 6.06. The predicted octanol–water partition coefficient (Wildman–Crippen LogP) is 2.40. The van der Waals surface area contributed by atoms with Crippen molar-refractivity contribution in [1.82, 2.24) is 0 Å². The summed E-state index contributed by atoms with van der Waals surface area (Å²) in [4.78, 5) is 10.6. The molecule has 0 aromatic heterocycles. The van der Waals surface area contributed by atoms with Gasteiger partial charge in [0.15, 0.2) is 0 Å². The number of halogens is 1. The highest BCUT2D eigenvalue weighted by Gasteiger charge is 2.19. The van der Waals surface area contributed by atoms with Gasteiger partial charge in [0.2, 0.25) is 0 Å². The van der Waals surface area contributed by atoms with E-state index in [9.17, 15) is 22.2 Å². The highest BCUT2D eigenvalue weighted by Crippen LogP contribution is 2.27. The number of aromatic hydroxyl groups is 1. The predicted molar refractivity (Wildman–Crippen MR) is 66.3 cm³/mol. The van der Waals surface area contributed by atoms with Crippen LogP contribution < -0.4 is 5.32 Å². The first-order chi connectivity index (χ1) is 8.49. The molecule has 0 aliphatic carbocycles. The van der Waals surface area contributed by atoms with E-state index in [1.807, 2.05) is 0 Å². The van der Waals surface area contributed by atoms with Crippen LogP contribution in [0.5, 0.6) is 5.75 Å². The summed E-state index contributed by atoms with van der Waals surface area (Å²) in [7, 11) is -5.00. The molecular weight excluding hydrogens is 277 g/mol. The van der Waals surface area contributed by atoms with Crippen molar-refractivity contribution in [1.29, 1.82) is 0 Å². The van der Waals surface area contributed by atoms with Gasteiger partial charge < -0.3 is 9.84 Å². The highest BCUT2D eigenvalue weighted by atomic mass is 32.3. The third-order valence-electron chi connectivity index (χ3n) is 1.87. The number of ether oxygens (including phenoxy) is 1. The Kier molecular flexibility index (Phi) is 4.04.